The van der Waals surface area contributed by atoms with Crippen LogP contribution in [-0.4, -0.2) is 46.7 Å². The number of rotatable bonds is 8. The molecule has 1 fully saturated rings. The molecule has 1 saturated heterocycles. The predicted octanol–water partition coefficient (Wildman–Crippen LogP) is 6.51. The van der Waals surface area contributed by atoms with E-state index in [1.165, 1.54) is 65.9 Å². The SMILES string of the molecule is N=C(C(=O)O)/C(=C/c1ccc(-c2ccc(C3=CC=C(N4CCCCC4)CC3)s2)s1)C(=O)NC1C=CC=CC1. The molecule has 3 aliphatic rings. The molecule has 0 aromatic carbocycles. The van der Waals surface area contributed by atoms with Crippen molar-refractivity contribution in [3.63, 3.8) is 0 Å². The number of likely N-dealkylation sites (tertiary alicyclic amines) is 1. The van der Waals surface area contributed by atoms with Crippen LogP contribution in [0.25, 0.3) is 21.4 Å². The zero-order valence-corrected chi connectivity index (χ0v) is 22.7. The predicted molar refractivity (Wildman–Crippen MR) is 157 cm³/mol. The molecule has 38 heavy (non-hydrogen) atoms. The number of carboxylic acid groups (broad SMARTS) is 1. The van der Waals surface area contributed by atoms with E-state index >= 15 is 0 Å². The van der Waals surface area contributed by atoms with Crippen molar-refractivity contribution in [2.24, 2.45) is 0 Å². The van der Waals surface area contributed by atoms with Crippen LogP contribution in [0.3, 0.4) is 0 Å². The normalized spacial score (nSPS) is 19.6. The fourth-order valence-corrected chi connectivity index (χ4v) is 7.02. The summed E-state index contributed by atoms with van der Waals surface area (Å²) in [5.41, 5.74) is 1.96. The molecule has 0 spiro atoms. The number of carbonyl (C=O) groups is 2. The van der Waals surface area contributed by atoms with E-state index in [1.54, 1.807) is 11.3 Å². The second kappa shape index (κ2) is 11.9. The first-order valence-electron chi connectivity index (χ1n) is 13.0. The molecule has 1 amide bonds. The lowest BCUT2D eigenvalue weighted by atomic mass is 9.99. The molecular weight excluding hydrogens is 514 g/mol. The van der Waals surface area contributed by atoms with Crippen molar-refractivity contribution >= 4 is 51.9 Å². The number of aliphatic carboxylic acids is 1. The van der Waals surface area contributed by atoms with E-state index in [2.05, 4.69) is 34.5 Å². The number of nitrogens with one attached hydrogen (secondary N) is 2. The number of piperidine rings is 1. The van der Waals surface area contributed by atoms with Crippen LogP contribution in [-0.2, 0) is 9.59 Å². The maximum Gasteiger partial charge on any atom is 0.354 e. The van der Waals surface area contributed by atoms with Gasteiger partial charge in [-0.3, -0.25) is 10.2 Å². The van der Waals surface area contributed by atoms with Crippen molar-refractivity contribution in [3.05, 3.63) is 81.7 Å². The largest absolute Gasteiger partial charge is 0.477 e. The Balaban J connectivity index is 1.31. The van der Waals surface area contributed by atoms with Crippen LogP contribution < -0.4 is 5.32 Å². The van der Waals surface area contributed by atoms with E-state index in [1.807, 2.05) is 36.4 Å². The summed E-state index contributed by atoms with van der Waals surface area (Å²) in [6, 6.07) is 7.94. The van der Waals surface area contributed by atoms with Gasteiger partial charge in [0.1, 0.15) is 0 Å². The lowest BCUT2D eigenvalue weighted by Gasteiger charge is -2.32. The van der Waals surface area contributed by atoms with Gasteiger partial charge >= 0.3 is 5.97 Å². The molecule has 1 aliphatic heterocycles. The molecule has 0 radical (unpaired) electrons. The van der Waals surface area contributed by atoms with Gasteiger partial charge in [-0.2, -0.15) is 0 Å². The number of thiophene rings is 2. The molecule has 2 aliphatic carbocycles. The van der Waals surface area contributed by atoms with E-state index < -0.39 is 17.6 Å². The van der Waals surface area contributed by atoms with E-state index in [9.17, 15) is 14.7 Å². The molecule has 1 atom stereocenters. The number of nitrogens with zero attached hydrogens (tertiary/aromatic N) is 1. The van der Waals surface area contributed by atoms with Crippen LogP contribution >= 0.6 is 22.7 Å². The van der Waals surface area contributed by atoms with Gasteiger partial charge in [0.2, 0.25) is 0 Å². The van der Waals surface area contributed by atoms with Crippen molar-refractivity contribution in [1.82, 2.24) is 10.2 Å². The van der Waals surface area contributed by atoms with E-state index in [0.717, 1.165) is 27.5 Å². The van der Waals surface area contributed by atoms with E-state index in [0.29, 0.717) is 6.42 Å². The minimum absolute atomic E-state index is 0.149. The number of hydrogen-bond acceptors (Lipinski definition) is 6. The Bertz CT molecular complexity index is 1380. The Morgan fingerprint density at radius 3 is 2.45 bits per heavy atom. The summed E-state index contributed by atoms with van der Waals surface area (Å²) >= 11 is 3.24. The highest BCUT2D eigenvalue weighted by atomic mass is 32.1. The van der Waals surface area contributed by atoms with Gasteiger partial charge < -0.3 is 15.3 Å². The van der Waals surface area contributed by atoms with Gasteiger partial charge in [0, 0.05) is 38.3 Å². The highest BCUT2D eigenvalue weighted by molar-refractivity contribution is 7.23. The molecule has 0 saturated carbocycles. The highest BCUT2D eigenvalue weighted by Gasteiger charge is 2.23. The van der Waals surface area contributed by atoms with Gasteiger partial charge in [0.15, 0.2) is 5.71 Å². The van der Waals surface area contributed by atoms with Crippen molar-refractivity contribution in [3.8, 4) is 9.75 Å². The molecule has 3 heterocycles. The zero-order chi connectivity index (χ0) is 26.5. The Morgan fingerprint density at radius 2 is 1.74 bits per heavy atom. The monoisotopic (exact) mass is 545 g/mol. The van der Waals surface area contributed by atoms with Gasteiger partial charge in [0.05, 0.1) is 11.6 Å². The average molecular weight is 546 g/mol. The highest BCUT2D eigenvalue weighted by Crippen LogP contribution is 2.39. The first kappa shape index (κ1) is 26.1. The third kappa shape index (κ3) is 6.14. The topological polar surface area (TPSA) is 93.5 Å². The Labute approximate surface area is 230 Å². The lowest BCUT2D eigenvalue weighted by molar-refractivity contribution is -0.129. The molecule has 3 N–H and O–H groups in total. The number of carboxylic acids is 1. The third-order valence-electron chi connectivity index (χ3n) is 6.99. The summed E-state index contributed by atoms with van der Waals surface area (Å²) in [6.07, 6.45) is 20.3. The van der Waals surface area contributed by atoms with Crippen LogP contribution in [0.15, 0.2) is 72.0 Å². The molecule has 2 aromatic heterocycles. The fraction of sp³-hybridized carbons (Fsp3) is 0.300. The van der Waals surface area contributed by atoms with Gasteiger partial charge in [0.25, 0.3) is 5.91 Å². The van der Waals surface area contributed by atoms with Crippen LogP contribution in [0.2, 0.25) is 0 Å². The van der Waals surface area contributed by atoms with Gasteiger partial charge in [-0.15, -0.1) is 22.7 Å². The van der Waals surface area contributed by atoms with Crippen LogP contribution in [0.4, 0.5) is 0 Å². The Hall–Kier alpha value is -3.49. The summed E-state index contributed by atoms with van der Waals surface area (Å²) in [4.78, 5) is 31.2. The summed E-state index contributed by atoms with van der Waals surface area (Å²) in [5, 5.41) is 20.2. The molecule has 0 bridgehead atoms. The average Bonchev–Trinajstić information content (AvgIpc) is 3.62. The first-order valence-corrected chi connectivity index (χ1v) is 14.6. The summed E-state index contributed by atoms with van der Waals surface area (Å²) in [7, 11) is 0. The molecule has 2 aromatic rings. The molecular formula is C30H31N3O3S2. The molecule has 6 nitrogen and oxygen atoms in total. The van der Waals surface area contributed by atoms with Gasteiger partial charge in [-0.25, -0.2) is 4.79 Å². The van der Waals surface area contributed by atoms with Crippen molar-refractivity contribution < 1.29 is 14.7 Å². The summed E-state index contributed by atoms with van der Waals surface area (Å²) in [5.74, 6) is -1.99. The molecule has 1 unspecified atom stereocenters. The maximum absolute atomic E-state index is 12.9. The van der Waals surface area contributed by atoms with Crippen molar-refractivity contribution in [1.29, 1.82) is 5.41 Å². The smallest absolute Gasteiger partial charge is 0.354 e. The standard InChI is InChI=1S/C30H31N3O3S2/c31-28(30(35)36)24(29(34)32-21-7-3-1-4-8-21)19-23-13-14-26(37-23)27-16-15-25(38-27)20-9-11-22(12-10-20)33-17-5-2-6-18-33/h1,3-4,7,9,11,13-16,19,21,31H,2,5-6,8,10,12,17-18H2,(H,32,34)(H,35,36)/b24-19-,31-28?. The zero-order valence-electron chi connectivity index (χ0n) is 21.1. The van der Waals surface area contributed by atoms with Gasteiger partial charge in [-0.1, -0.05) is 30.4 Å². The van der Waals surface area contributed by atoms with Crippen LogP contribution in [0.1, 0.15) is 48.3 Å². The van der Waals surface area contributed by atoms with Crippen molar-refractivity contribution in [2.45, 2.75) is 44.6 Å². The maximum atomic E-state index is 12.9. The molecule has 196 valence electrons. The molecule has 8 heteroatoms. The van der Waals surface area contributed by atoms with E-state index in [-0.39, 0.29) is 11.6 Å². The van der Waals surface area contributed by atoms with Crippen LogP contribution in [0, 0.1) is 5.41 Å². The van der Waals surface area contributed by atoms with Crippen molar-refractivity contribution in [2.75, 3.05) is 13.1 Å². The first-order chi connectivity index (χ1) is 18.5. The van der Waals surface area contributed by atoms with Crippen LogP contribution in [0.5, 0.6) is 0 Å². The summed E-state index contributed by atoms with van der Waals surface area (Å²) < 4.78 is 0. The number of hydrogen-bond donors (Lipinski definition) is 3. The number of carbonyl (C=O) groups excluding carboxylic acids is 1. The minimum atomic E-state index is -1.43. The second-order valence-electron chi connectivity index (χ2n) is 9.63. The Kier molecular flexibility index (Phi) is 8.20. The quantitative estimate of drug-likeness (QED) is 0.260. The van der Waals surface area contributed by atoms with Gasteiger partial charge in [-0.05, 0) is 80.5 Å². The lowest BCUT2D eigenvalue weighted by Crippen LogP contribution is -2.37. The Morgan fingerprint density at radius 1 is 0.974 bits per heavy atom. The molecule has 5 rings (SSSR count). The summed E-state index contributed by atoms with van der Waals surface area (Å²) in [6.45, 7) is 2.36. The number of amides is 1. The minimum Gasteiger partial charge on any atom is -0.477 e. The number of allylic oxidation sites excluding steroid dienone is 6. The second-order valence-corrected chi connectivity index (χ2v) is 11.8. The third-order valence-corrected chi connectivity index (χ3v) is 9.38. The fourth-order valence-electron chi connectivity index (χ4n) is 4.92. The van der Waals surface area contributed by atoms with E-state index in [4.69, 9.17) is 5.41 Å².